The van der Waals surface area contributed by atoms with Crippen molar-refractivity contribution in [1.29, 1.82) is 0 Å². The number of fused-ring (bicyclic) bond motifs is 1. The third-order valence-electron chi connectivity index (χ3n) is 5.20. The number of ether oxygens (including phenoxy) is 1. The van der Waals surface area contributed by atoms with Gasteiger partial charge in [0.1, 0.15) is 5.75 Å². The molecule has 0 saturated heterocycles. The number of benzene rings is 2. The molecule has 0 atom stereocenters. The fraction of sp³-hybridized carbons (Fsp3) is 0.217. The lowest BCUT2D eigenvalue weighted by atomic mass is 10.0. The summed E-state index contributed by atoms with van der Waals surface area (Å²) in [5.41, 5.74) is 6.61. The van der Waals surface area contributed by atoms with Crippen LogP contribution in [0.3, 0.4) is 0 Å². The van der Waals surface area contributed by atoms with Gasteiger partial charge >= 0.3 is 0 Å². The maximum Gasteiger partial charge on any atom is 0.240 e. The van der Waals surface area contributed by atoms with Gasteiger partial charge in [0.05, 0.1) is 36.3 Å². The second-order valence-corrected chi connectivity index (χ2v) is 7.07. The van der Waals surface area contributed by atoms with E-state index in [2.05, 4.69) is 20.7 Å². The van der Waals surface area contributed by atoms with E-state index in [9.17, 15) is 9.90 Å². The lowest BCUT2D eigenvalue weighted by Crippen LogP contribution is -2.25. The summed E-state index contributed by atoms with van der Waals surface area (Å²) in [6.45, 7) is 2.58. The van der Waals surface area contributed by atoms with Crippen molar-refractivity contribution in [3.05, 3.63) is 59.2 Å². The van der Waals surface area contributed by atoms with Crippen LogP contribution in [0.25, 0.3) is 10.9 Å². The van der Waals surface area contributed by atoms with Gasteiger partial charge in [-0.05, 0) is 54.4 Å². The Kier molecular flexibility index (Phi) is 5.79. The molecule has 0 radical (unpaired) electrons. The van der Waals surface area contributed by atoms with E-state index in [0.29, 0.717) is 24.9 Å². The molecule has 4 rings (SSSR count). The number of aryl methyl sites for hydroxylation is 1. The fourth-order valence-corrected chi connectivity index (χ4v) is 3.56. The van der Waals surface area contributed by atoms with Crippen LogP contribution in [0, 0.1) is 0 Å². The maximum absolute atomic E-state index is 11.4. The minimum absolute atomic E-state index is 0.0813. The molecule has 1 aliphatic rings. The number of methoxy groups -OCH3 is 1. The molecule has 2 heterocycles. The van der Waals surface area contributed by atoms with E-state index in [1.54, 1.807) is 19.5 Å². The molecule has 0 spiro atoms. The number of nitrogens with one attached hydrogen (secondary N) is 1. The Morgan fingerprint density at radius 3 is 2.61 bits per heavy atom. The zero-order valence-electron chi connectivity index (χ0n) is 17.4. The summed E-state index contributed by atoms with van der Waals surface area (Å²) < 4.78 is 6.96. The molecule has 0 bridgehead atoms. The van der Waals surface area contributed by atoms with Gasteiger partial charge in [-0.2, -0.15) is 15.3 Å². The molecule has 1 amide bonds. The Labute approximate surface area is 179 Å². The number of rotatable bonds is 6. The number of carbonyl (C=O) groups excluding carboxylic acids is 1. The summed E-state index contributed by atoms with van der Waals surface area (Å²) in [7, 11) is 1.62. The van der Waals surface area contributed by atoms with E-state index in [1.165, 1.54) is 0 Å². The Bertz CT molecular complexity index is 1210. The summed E-state index contributed by atoms with van der Waals surface area (Å²) in [6.07, 6.45) is 4.18. The second kappa shape index (κ2) is 8.83. The van der Waals surface area contributed by atoms with Crippen molar-refractivity contribution < 1.29 is 14.6 Å². The lowest BCUT2D eigenvalue weighted by Gasteiger charge is -2.12. The first kappa shape index (κ1) is 20.3. The quantitative estimate of drug-likeness (QED) is 0.474. The van der Waals surface area contributed by atoms with Gasteiger partial charge in [-0.3, -0.25) is 4.79 Å². The molecule has 0 aliphatic carbocycles. The molecular weight excluding hydrogens is 394 g/mol. The predicted octanol–water partition coefficient (Wildman–Crippen LogP) is 3.44. The summed E-state index contributed by atoms with van der Waals surface area (Å²) in [5, 5.41) is 24.0. The Hall–Kier alpha value is -3.94. The van der Waals surface area contributed by atoms with Crippen molar-refractivity contribution in [2.24, 2.45) is 15.3 Å². The van der Waals surface area contributed by atoms with Crippen LogP contribution in [0.4, 0.5) is 0 Å². The number of hydrazone groups is 1. The van der Waals surface area contributed by atoms with E-state index in [-0.39, 0.29) is 11.8 Å². The number of amides is 1. The van der Waals surface area contributed by atoms with Crippen molar-refractivity contribution in [2.45, 2.75) is 26.3 Å². The van der Waals surface area contributed by atoms with Crippen LogP contribution in [0.1, 0.15) is 36.5 Å². The molecular formula is C23H23N5O3. The number of aromatic hydroxyl groups is 1. The van der Waals surface area contributed by atoms with Crippen LogP contribution >= 0.6 is 0 Å². The molecule has 2 aromatic carbocycles. The van der Waals surface area contributed by atoms with Gasteiger partial charge in [0.15, 0.2) is 0 Å². The van der Waals surface area contributed by atoms with Crippen molar-refractivity contribution >= 4 is 35.0 Å². The van der Waals surface area contributed by atoms with Gasteiger partial charge in [0.2, 0.25) is 11.8 Å². The predicted molar refractivity (Wildman–Crippen MR) is 121 cm³/mol. The average molecular weight is 417 g/mol. The van der Waals surface area contributed by atoms with Crippen molar-refractivity contribution in [1.82, 2.24) is 9.99 Å². The largest absolute Gasteiger partial charge is 0.497 e. The number of hydrogen-bond donors (Lipinski definition) is 2. The average Bonchev–Trinajstić information content (AvgIpc) is 3.07. The topological polar surface area (TPSA) is 101 Å². The standard InChI is InChI=1S/C23H23N5O3/c1-3-28-21-10-6-16(20-9-11-22(29)27-26-20)12-18(21)19(23(28)30)14-25-24-13-15-4-7-17(31-2)8-5-15/h4-8,10,12-14,30H,3,9,11H2,1-2H3,(H,27,29)/b24-13+,25-14+. The molecule has 3 aromatic rings. The highest BCUT2D eigenvalue weighted by molar-refractivity contribution is 6.09. The molecule has 0 unspecified atom stereocenters. The molecule has 0 saturated carbocycles. The zero-order valence-corrected chi connectivity index (χ0v) is 17.4. The van der Waals surface area contributed by atoms with Crippen molar-refractivity contribution in [3.8, 4) is 11.6 Å². The van der Waals surface area contributed by atoms with Crippen LogP contribution in [0.2, 0.25) is 0 Å². The minimum atomic E-state index is -0.0813. The monoisotopic (exact) mass is 417 g/mol. The second-order valence-electron chi connectivity index (χ2n) is 7.07. The fourth-order valence-electron chi connectivity index (χ4n) is 3.56. The first-order valence-electron chi connectivity index (χ1n) is 10.0. The molecule has 2 N–H and O–H groups in total. The van der Waals surface area contributed by atoms with E-state index < -0.39 is 0 Å². The third-order valence-corrected chi connectivity index (χ3v) is 5.20. The van der Waals surface area contributed by atoms with Gasteiger partial charge in [-0.1, -0.05) is 6.07 Å². The van der Waals surface area contributed by atoms with Crippen LogP contribution in [-0.2, 0) is 11.3 Å². The van der Waals surface area contributed by atoms with E-state index in [4.69, 9.17) is 4.74 Å². The van der Waals surface area contributed by atoms with Gasteiger partial charge in [0, 0.05) is 24.8 Å². The SMILES string of the molecule is CCn1c(O)c(/C=N/N=C/c2ccc(OC)cc2)c2cc(C3=NNC(=O)CC3)ccc21. The molecule has 1 aromatic heterocycles. The summed E-state index contributed by atoms with van der Waals surface area (Å²) >= 11 is 0. The summed E-state index contributed by atoms with van der Waals surface area (Å²) in [4.78, 5) is 11.4. The molecule has 31 heavy (non-hydrogen) atoms. The smallest absolute Gasteiger partial charge is 0.240 e. The first-order chi connectivity index (χ1) is 15.1. The van der Waals surface area contributed by atoms with E-state index in [1.807, 2.05) is 54.0 Å². The van der Waals surface area contributed by atoms with Crippen molar-refractivity contribution in [2.75, 3.05) is 7.11 Å². The van der Waals surface area contributed by atoms with Gasteiger partial charge in [-0.15, -0.1) is 0 Å². The Morgan fingerprint density at radius 2 is 1.94 bits per heavy atom. The lowest BCUT2D eigenvalue weighted by molar-refractivity contribution is -0.121. The summed E-state index contributed by atoms with van der Waals surface area (Å²) in [6, 6.07) is 13.3. The maximum atomic E-state index is 11.4. The third kappa shape index (κ3) is 4.18. The highest BCUT2D eigenvalue weighted by atomic mass is 16.5. The van der Waals surface area contributed by atoms with E-state index in [0.717, 1.165) is 33.5 Å². The minimum Gasteiger partial charge on any atom is -0.497 e. The molecule has 158 valence electrons. The normalized spacial score (nSPS) is 14.4. The number of carbonyl (C=O) groups is 1. The summed E-state index contributed by atoms with van der Waals surface area (Å²) in [5.74, 6) is 0.829. The van der Waals surface area contributed by atoms with Gasteiger partial charge < -0.3 is 14.4 Å². The van der Waals surface area contributed by atoms with Gasteiger partial charge in [0.25, 0.3) is 0 Å². The zero-order chi connectivity index (χ0) is 21.8. The van der Waals surface area contributed by atoms with Crippen LogP contribution in [0.5, 0.6) is 11.6 Å². The number of nitrogens with zero attached hydrogens (tertiary/aromatic N) is 4. The molecule has 8 nitrogen and oxygen atoms in total. The van der Waals surface area contributed by atoms with Crippen LogP contribution < -0.4 is 10.2 Å². The molecule has 8 heteroatoms. The molecule has 0 fully saturated rings. The highest BCUT2D eigenvalue weighted by Crippen LogP contribution is 2.31. The van der Waals surface area contributed by atoms with Gasteiger partial charge in [-0.25, -0.2) is 5.43 Å². The Balaban J connectivity index is 1.66. The van der Waals surface area contributed by atoms with Crippen molar-refractivity contribution in [3.63, 3.8) is 0 Å². The number of aromatic nitrogens is 1. The number of hydrogen-bond acceptors (Lipinski definition) is 6. The Morgan fingerprint density at radius 1 is 1.16 bits per heavy atom. The van der Waals surface area contributed by atoms with Crippen LogP contribution in [0.15, 0.2) is 57.8 Å². The molecule has 1 aliphatic heterocycles. The first-order valence-corrected chi connectivity index (χ1v) is 10.0. The van der Waals surface area contributed by atoms with Crippen LogP contribution in [-0.4, -0.2) is 40.8 Å². The highest BCUT2D eigenvalue weighted by Gasteiger charge is 2.18. The van der Waals surface area contributed by atoms with E-state index >= 15 is 0 Å².